The standard InChI is InChI=1S/C18H23ClN2O3/c1-24-18(23)20-14-6-7-15(16(19)10-14)17(22)21-9-8-12-4-2-3-5-13(12)11-21/h6-7,10,12-13H,2-5,8-9,11H2,1H3,(H,20,23)/t12-,13-/m0/s1. The molecule has 2 amide bonds. The lowest BCUT2D eigenvalue weighted by atomic mass is 9.75. The molecular formula is C18H23ClN2O3. The number of hydrogen-bond acceptors (Lipinski definition) is 3. The minimum atomic E-state index is -0.565. The fourth-order valence-corrected chi connectivity index (χ4v) is 4.15. The first-order valence-electron chi connectivity index (χ1n) is 8.52. The maximum atomic E-state index is 12.8. The van der Waals surface area contributed by atoms with E-state index in [0.717, 1.165) is 25.4 Å². The fraction of sp³-hybridized carbons (Fsp3) is 0.556. The van der Waals surface area contributed by atoms with Crippen LogP contribution in [0.1, 0.15) is 42.5 Å². The second kappa shape index (κ2) is 7.43. The number of anilines is 1. The quantitative estimate of drug-likeness (QED) is 0.870. The van der Waals surface area contributed by atoms with Crippen molar-refractivity contribution in [2.45, 2.75) is 32.1 Å². The van der Waals surface area contributed by atoms with Gasteiger partial charge >= 0.3 is 6.09 Å². The Hall–Kier alpha value is -1.75. The lowest BCUT2D eigenvalue weighted by molar-refractivity contribution is 0.0521. The van der Waals surface area contributed by atoms with Crippen molar-refractivity contribution in [1.29, 1.82) is 0 Å². The molecule has 1 aromatic rings. The van der Waals surface area contributed by atoms with Crippen molar-refractivity contribution in [3.63, 3.8) is 0 Å². The second-order valence-corrected chi connectivity index (χ2v) is 7.06. The van der Waals surface area contributed by atoms with Crippen LogP contribution in [0.25, 0.3) is 0 Å². The van der Waals surface area contributed by atoms with Crippen molar-refractivity contribution in [1.82, 2.24) is 4.90 Å². The molecule has 0 radical (unpaired) electrons. The molecule has 24 heavy (non-hydrogen) atoms. The van der Waals surface area contributed by atoms with E-state index in [1.807, 2.05) is 4.90 Å². The molecule has 1 saturated heterocycles. The van der Waals surface area contributed by atoms with Crippen LogP contribution in [0.2, 0.25) is 5.02 Å². The molecule has 0 aromatic heterocycles. The highest BCUT2D eigenvalue weighted by Gasteiger charge is 2.33. The molecule has 6 heteroatoms. The maximum absolute atomic E-state index is 12.8. The molecule has 1 aromatic carbocycles. The summed E-state index contributed by atoms with van der Waals surface area (Å²) in [7, 11) is 1.30. The molecule has 0 spiro atoms. The Kier molecular flexibility index (Phi) is 5.29. The van der Waals surface area contributed by atoms with Gasteiger partial charge in [0.2, 0.25) is 0 Å². The van der Waals surface area contributed by atoms with Gasteiger partial charge in [0.05, 0.1) is 17.7 Å². The minimum absolute atomic E-state index is 0.0198. The third kappa shape index (κ3) is 3.66. The molecule has 5 nitrogen and oxygen atoms in total. The van der Waals surface area contributed by atoms with Crippen LogP contribution >= 0.6 is 11.6 Å². The van der Waals surface area contributed by atoms with Gasteiger partial charge in [0.15, 0.2) is 0 Å². The highest BCUT2D eigenvalue weighted by Crippen LogP contribution is 2.36. The largest absolute Gasteiger partial charge is 0.453 e. The number of carbonyl (C=O) groups excluding carboxylic acids is 2. The Morgan fingerprint density at radius 2 is 1.96 bits per heavy atom. The summed E-state index contributed by atoms with van der Waals surface area (Å²) in [6.07, 6.45) is 5.67. The van der Waals surface area contributed by atoms with E-state index in [1.165, 1.54) is 32.8 Å². The van der Waals surface area contributed by atoms with E-state index in [1.54, 1.807) is 18.2 Å². The van der Waals surface area contributed by atoms with Gasteiger partial charge in [-0.05, 0) is 42.9 Å². The van der Waals surface area contributed by atoms with Gasteiger partial charge in [-0.3, -0.25) is 10.1 Å². The molecule has 1 saturated carbocycles. The molecular weight excluding hydrogens is 328 g/mol. The second-order valence-electron chi connectivity index (χ2n) is 6.66. The Morgan fingerprint density at radius 3 is 2.67 bits per heavy atom. The number of benzene rings is 1. The average Bonchev–Trinajstić information content (AvgIpc) is 2.60. The summed E-state index contributed by atoms with van der Waals surface area (Å²) < 4.78 is 4.55. The summed E-state index contributed by atoms with van der Waals surface area (Å²) >= 11 is 6.27. The molecule has 1 N–H and O–H groups in total. The number of amides is 2. The number of likely N-dealkylation sites (tertiary alicyclic amines) is 1. The zero-order valence-corrected chi connectivity index (χ0v) is 14.6. The first kappa shape index (κ1) is 17.1. The van der Waals surface area contributed by atoms with Crippen molar-refractivity contribution in [3.05, 3.63) is 28.8 Å². The van der Waals surface area contributed by atoms with Gasteiger partial charge in [-0.1, -0.05) is 30.9 Å². The van der Waals surface area contributed by atoms with E-state index in [-0.39, 0.29) is 5.91 Å². The molecule has 0 unspecified atom stereocenters. The molecule has 1 aliphatic heterocycles. The highest BCUT2D eigenvalue weighted by atomic mass is 35.5. The predicted molar refractivity (Wildman–Crippen MR) is 93.4 cm³/mol. The maximum Gasteiger partial charge on any atom is 0.411 e. The number of ether oxygens (including phenoxy) is 1. The fourth-order valence-electron chi connectivity index (χ4n) is 3.89. The number of piperidine rings is 1. The normalized spacial score (nSPS) is 23.3. The lowest BCUT2D eigenvalue weighted by Crippen LogP contribution is -2.44. The zero-order valence-electron chi connectivity index (χ0n) is 13.9. The topological polar surface area (TPSA) is 58.6 Å². The number of nitrogens with one attached hydrogen (secondary N) is 1. The van der Waals surface area contributed by atoms with Crippen LogP contribution in [0.15, 0.2) is 18.2 Å². The van der Waals surface area contributed by atoms with Crippen molar-refractivity contribution < 1.29 is 14.3 Å². The molecule has 1 aliphatic carbocycles. The summed E-state index contributed by atoms with van der Waals surface area (Å²) in [6.45, 7) is 1.64. The van der Waals surface area contributed by atoms with Gasteiger partial charge < -0.3 is 9.64 Å². The van der Waals surface area contributed by atoms with E-state index in [9.17, 15) is 9.59 Å². The van der Waals surface area contributed by atoms with Gasteiger partial charge in [-0.25, -0.2) is 4.79 Å². The van der Waals surface area contributed by atoms with Crippen LogP contribution < -0.4 is 5.32 Å². The Bertz CT molecular complexity index is 635. The van der Waals surface area contributed by atoms with Crippen molar-refractivity contribution in [2.75, 3.05) is 25.5 Å². The molecule has 0 bridgehead atoms. The van der Waals surface area contributed by atoms with E-state index in [0.29, 0.717) is 22.2 Å². The first-order chi connectivity index (χ1) is 11.6. The molecule has 1 heterocycles. The van der Waals surface area contributed by atoms with Crippen molar-refractivity contribution in [3.8, 4) is 0 Å². The highest BCUT2D eigenvalue weighted by molar-refractivity contribution is 6.34. The van der Waals surface area contributed by atoms with E-state index < -0.39 is 6.09 Å². The first-order valence-corrected chi connectivity index (χ1v) is 8.90. The van der Waals surface area contributed by atoms with Crippen LogP contribution in [-0.2, 0) is 4.74 Å². The van der Waals surface area contributed by atoms with Crippen LogP contribution in [0.5, 0.6) is 0 Å². The number of hydrogen-bond donors (Lipinski definition) is 1. The number of methoxy groups -OCH3 is 1. The van der Waals surface area contributed by atoms with Gasteiger partial charge in [-0.2, -0.15) is 0 Å². The third-order valence-corrected chi connectivity index (χ3v) is 5.52. The summed E-state index contributed by atoms with van der Waals surface area (Å²) in [6, 6.07) is 4.92. The SMILES string of the molecule is COC(=O)Nc1ccc(C(=O)N2CC[C@@H]3CCCC[C@H]3C2)c(Cl)c1. The number of fused-ring (bicyclic) bond motifs is 1. The van der Waals surface area contributed by atoms with Crippen molar-refractivity contribution in [2.24, 2.45) is 11.8 Å². The molecule has 3 rings (SSSR count). The summed E-state index contributed by atoms with van der Waals surface area (Å²) in [5, 5.41) is 2.89. The summed E-state index contributed by atoms with van der Waals surface area (Å²) in [5.41, 5.74) is 0.996. The lowest BCUT2D eigenvalue weighted by Gasteiger charge is -2.41. The minimum Gasteiger partial charge on any atom is -0.453 e. The Balaban J connectivity index is 1.69. The van der Waals surface area contributed by atoms with Gasteiger partial charge in [-0.15, -0.1) is 0 Å². The average molecular weight is 351 g/mol. The number of rotatable bonds is 2. The number of halogens is 1. The molecule has 2 aliphatic rings. The van der Waals surface area contributed by atoms with E-state index in [4.69, 9.17) is 11.6 Å². The van der Waals surface area contributed by atoms with Gasteiger partial charge in [0.1, 0.15) is 0 Å². The number of nitrogens with zero attached hydrogens (tertiary/aromatic N) is 1. The van der Waals surface area contributed by atoms with Gasteiger partial charge in [0, 0.05) is 18.8 Å². The van der Waals surface area contributed by atoms with Crippen LogP contribution in [0.4, 0.5) is 10.5 Å². The molecule has 2 fully saturated rings. The molecule has 130 valence electrons. The summed E-state index contributed by atoms with van der Waals surface area (Å²) in [4.78, 5) is 26.0. The number of carbonyl (C=O) groups is 2. The zero-order chi connectivity index (χ0) is 17.1. The van der Waals surface area contributed by atoms with Crippen LogP contribution in [0, 0.1) is 11.8 Å². The van der Waals surface area contributed by atoms with E-state index >= 15 is 0 Å². The van der Waals surface area contributed by atoms with Crippen molar-refractivity contribution >= 4 is 29.3 Å². The van der Waals surface area contributed by atoms with Crippen LogP contribution in [-0.4, -0.2) is 37.1 Å². The molecule has 2 atom stereocenters. The van der Waals surface area contributed by atoms with Crippen LogP contribution in [0.3, 0.4) is 0 Å². The monoisotopic (exact) mass is 350 g/mol. The summed E-state index contributed by atoms with van der Waals surface area (Å²) in [5.74, 6) is 1.40. The van der Waals surface area contributed by atoms with E-state index in [2.05, 4.69) is 10.1 Å². The Labute approximate surface area is 147 Å². The Morgan fingerprint density at radius 1 is 1.21 bits per heavy atom. The smallest absolute Gasteiger partial charge is 0.411 e. The van der Waals surface area contributed by atoms with Gasteiger partial charge in [0.25, 0.3) is 5.91 Å². The third-order valence-electron chi connectivity index (χ3n) is 5.21. The predicted octanol–water partition coefficient (Wildman–Crippen LogP) is 4.17.